The number of benzene rings is 7. The maximum Gasteiger partial charge on any atom is 0.160 e. The van der Waals surface area contributed by atoms with Crippen molar-refractivity contribution in [2.24, 2.45) is 0 Å². The molecule has 0 spiro atoms. The van der Waals surface area contributed by atoms with E-state index in [0.717, 1.165) is 50.1 Å². The number of nitrogens with one attached hydrogen (secondary N) is 1. The van der Waals surface area contributed by atoms with Gasteiger partial charge in [-0.15, -0.1) is 0 Å². The van der Waals surface area contributed by atoms with Crippen LogP contribution in [0.25, 0.3) is 88.9 Å². The zero-order valence-electron chi connectivity index (χ0n) is 28.9. The molecule has 10 rings (SSSR count). The Kier molecular flexibility index (Phi) is 6.64. The van der Waals surface area contributed by atoms with E-state index < -0.39 is 0 Å². The molecule has 246 valence electrons. The Morgan fingerprint density at radius 3 is 2.17 bits per heavy atom. The summed E-state index contributed by atoms with van der Waals surface area (Å²) in [6.45, 7) is 4.54. The number of allylic oxidation sites excluding steroid dienone is 1. The summed E-state index contributed by atoms with van der Waals surface area (Å²) in [7, 11) is 0. The maximum atomic E-state index is 7.36. The molecule has 4 nitrogen and oxygen atoms in total. The van der Waals surface area contributed by atoms with Crippen LogP contribution in [0.3, 0.4) is 0 Å². The number of rotatable bonds is 5. The first kappa shape index (κ1) is 30.2. The Balaban J connectivity index is 1.20. The average molecular weight is 667 g/mol. The molecule has 1 aliphatic carbocycles. The molecule has 0 aliphatic heterocycles. The standard InChI is InChI=1S/C48H34N4/c1-48(2)41-18-7-5-16-39(41)44-45(50-47(51-46(44)48)31-22-20-30(21-23-31)11-10-26-49)38-17-9-14-34-27-35(24-25-36(34)38)52-42-19-8-6-15-37(42)40-28-32-12-3-4-13-33(32)29-43(40)52/h3-29,49H,1-2H3/b11-10-,49-26?. The summed E-state index contributed by atoms with van der Waals surface area (Å²) in [4.78, 5) is 10.7. The minimum Gasteiger partial charge on any atom is -0.309 e. The maximum absolute atomic E-state index is 7.36. The van der Waals surface area contributed by atoms with Crippen LogP contribution in [0.4, 0.5) is 0 Å². The van der Waals surface area contributed by atoms with Crippen molar-refractivity contribution in [1.29, 1.82) is 5.41 Å². The van der Waals surface area contributed by atoms with Crippen molar-refractivity contribution in [3.8, 4) is 39.5 Å². The van der Waals surface area contributed by atoms with Gasteiger partial charge in [0.05, 0.1) is 22.4 Å². The second kappa shape index (κ2) is 11.4. The average Bonchev–Trinajstić information content (AvgIpc) is 3.63. The van der Waals surface area contributed by atoms with Crippen LogP contribution in [0, 0.1) is 5.41 Å². The van der Waals surface area contributed by atoms with Crippen LogP contribution in [0.15, 0.2) is 152 Å². The van der Waals surface area contributed by atoms with E-state index in [1.807, 2.05) is 6.08 Å². The molecule has 0 radical (unpaired) electrons. The Bertz CT molecular complexity index is 2940. The van der Waals surface area contributed by atoms with E-state index in [9.17, 15) is 0 Å². The zero-order valence-corrected chi connectivity index (χ0v) is 28.9. The fourth-order valence-corrected chi connectivity index (χ4v) is 8.32. The Morgan fingerprint density at radius 1 is 0.596 bits per heavy atom. The lowest BCUT2D eigenvalue weighted by atomic mass is 9.85. The molecular formula is C48H34N4. The highest BCUT2D eigenvalue weighted by atomic mass is 15.0. The zero-order chi connectivity index (χ0) is 35.0. The lowest BCUT2D eigenvalue weighted by Gasteiger charge is -2.21. The normalized spacial score (nSPS) is 13.3. The van der Waals surface area contributed by atoms with Crippen molar-refractivity contribution in [3.05, 3.63) is 168 Å². The van der Waals surface area contributed by atoms with Gasteiger partial charge in [0.25, 0.3) is 0 Å². The topological polar surface area (TPSA) is 54.6 Å². The molecule has 2 heterocycles. The second-order valence-electron chi connectivity index (χ2n) is 14.2. The van der Waals surface area contributed by atoms with Crippen molar-refractivity contribution in [2.45, 2.75) is 19.3 Å². The molecule has 4 heteroatoms. The van der Waals surface area contributed by atoms with Gasteiger partial charge in [0.1, 0.15) is 0 Å². The van der Waals surface area contributed by atoms with Gasteiger partial charge in [0, 0.05) is 44.8 Å². The summed E-state index contributed by atoms with van der Waals surface area (Å²) in [6.07, 6.45) is 4.95. The van der Waals surface area contributed by atoms with E-state index in [1.165, 1.54) is 49.9 Å². The van der Waals surface area contributed by atoms with Crippen molar-refractivity contribution in [2.75, 3.05) is 0 Å². The van der Waals surface area contributed by atoms with Crippen LogP contribution in [0.5, 0.6) is 0 Å². The lowest BCUT2D eigenvalue weighted by molar-refractivity contribution is 0.636. The number of fused-ring (bicyclic) bond motifs is 8. The lowest BCUT2D eigenvalue weighted by Crippen LogP contribution is -2.17. The Labute approximate surface area is 301 Å². The number of aromatic nitrogens is 3. The third-order valence-electron chi connectivity index (χ3n) is 10.8. The van der Waals surface area contributed by atoms with E-state index in [-0.39, 0.29) is 5.41 Å². The summed E-state index contributed by atoms with van der Waals surface area (Å²) in [5.41, 5.74) is 11.9. The molecule has 0 bridgehead atoms. The summed E-state index contributed by atoms with van der Waals surface area (Å²) >= 11 is 0. The highest BCUT2D eigenvalue weighted by molar-refractivity contribution is 6.14. The van der Waals surface area contributed by atoms with Gasteiger partial charge >= 0.3 is 0 Å². The number of hydrogen-bond acceptors (Lipinski definition) is 3. The van der Waals surface area contributed by atoms with Crippen LogP contribution in [0.1, 0.15) is 30.7 Å². The largest absolute Gasteiger partial charge is 0.309 e. The molecule has 0 saturated carbocycles. The van der Waals surface area contributed by atoms with Gasteiger partial charge in [-0.3, -0.25) is 0 Å². The van der Waals surface area contributed by atoms with Gasteiger partial charge in [0.2, 0.25) is 0 Å². The first-order chi connectivity index (χ1) is 25.5. The second-order valence-corrected chi connectivity index (χ2v) is 14.2. The predicted molar refractivity (Wildman–Crippen MR) is 218 cm³/mol. The van der Waals surface area contributed by atoms with Gasteiger partial charge in [-0.25, -0.2) is 9.97 Å². The van der Waals surface area contributed by atoms with E-state index in [1.54, 1.807) is 6.08 Å². The predicted octanol–water partition coefficient (Wildman–Crippen LogP) is 12.2. The molecule has 0 atom stereocenters. The minimum absolute atomic E-state index is 0.288. The SMILES string of the molecule is CC1(C)c2ccccc2-c2c(-c3cccc4cc(-n5c6ccccc6c6cc7ccccc7cc65)ccc34)nc(-c3ccc(/C=C\C=N)cc3)nc21. The first-order valence-electron chi connectivity index (χ1n) is 17.7. The molecule has 2 aromatic heterocycles. The molecule has 0 fully saturated rings. The monoisotopic (exact) mass is 666 g/mol. The molecule has 0 unspecified atom stereocenters. The highest BCUT2D eigenvalue weighted by Crippen LogP contribution is 2.52. The molecule has 9 aromatic rings. The number of nitrogens with zero attached hydrogens (tertiary/aromatic N) is 3. The van der Waals surface area contributed by atoms with Crippen LogP contribution in [-0.4, -0.2) is 20.7 Å². The van der Waals surface area contributed by atoms with Gasteiger partial charge in [-0.2, -0.15) is 0 Å². The summed E-state index contributed by atoms with van der Waals surface area (Å²) in [5.74, 6) is 0.711. The van der Waals surface area contributed by atoms with Crippen molar-refractivity contribution >= 4 is 55.6 Å². The molecule has 1 N–H and O–H groups in total. The summed E-state index contributed by atoms with van der Waals surface area (Å²) in [5, 5.41) is 14.7. The fourth-order valence-electron chi connectivity index (χ4n) is 8.32. The van der Waals surface area contributed by atoms with E-state index in [4.69, 9.17) is 15.4 Å². The molecule has 7 aromatic carbocycles. The number of para-hydroxylation sites is 1. The van der Waals surface area contributed by atoms with Crippen molar-refractivity contribution in [3.63, 3.8) is 0 Å². The summed E-state index contributed by atoms with van der Waals surface area (Å²) < 4.78 is 2.41. The van der Waals surface area contributed by atoms with E-state index in [2.05, 4.69) is 164 Å². The van der Waals surface area contributed by atoms with Crippen LogP contribution in [0.2, 0.25) is 0 Å². The van der Waals surface area contributed by atoms with Crippen molar-refractivity contribution < 1.29 is 0 Å². The molecule has 0 saturated heterocycles. The third-order valence-corrected chi connectivity index (χ3v) is 10.8. The Hall–Kier alpha value is -6.65. The van der Waals surface area contributed by atoms with Gasteiger partial charge < -0.3 is 9.98 Å². The minimum atomic E-state index is -0.288. The molecule has 1 aliphatic rings. The first-order valence-corrected chi connectivity index (χ1v) is 17.7. The van der Waals surface area contributed by atoms with Gasteiger partial charge in [0.15, 0.2) is 5.82 Å². The highest BCUT2D eigenvalue weighted by Gasteiger charge is 2.39. The van der Waals surface area contributed by atoms with Crippen LogP contribution in [-0.2, 0) is 5.41 Å². The van der Waals surface area contributed by atoms with Crippen LogP contribution < -0.4 is 0 Å². The van der Waals surface area contributed by atoms with E-state index in [0.29, 0.717) is 5.82 Å². The van der Waals surface area contributed by atoms with Crippen molar-refractivity contribution in [1.82, 2.24) is 14.5 Å². The quantitative estimate of drug-likeness (QED) is 0.186. The van der Waals surface area contributed by atoms with Gasteiger partial charge in [-0.1, -0.05) is 135 Å². The summed E-state index contributed by atoms with van der Waals surface area (Å²) in [6, 6.07) is 52.4. The van der Waals surface area contributed by atoms with Crippen LogP contribution >= 0.6 is 0 Å². The van der Waals surface area contributed by atoms with Gasteiger partial charge in [-0.05, 0) is 74.6 Å². The molecule has 0 amide bonds. The Morgan fingerprint density at radius 2 is 1.33 bits per heavy atom. The smallest absolute Gasteiger partial charge is 0.160 e. The third kappa shape index (κ3) is 4.51. The number of hydrogen-bond donors (Lipinski definition) is 1. The molecule has 52 heavy (non-hydrogen) atoms. The fraction of sp³-hybridized carbons (Fsp3) is 0.0625. The van der Waals surface area contributed by atoms with E-state index >= 15 is 0 Å². The molecular weight excluding hydrogens is 633 g/mol.